The monoisotopic (exact) mass is 720 g/mol. The first kappa shape index (κ1) is 30.3. The Labute approximate surface area is 318 Å². The molecular formula is C49H28N4OS. The Balaban J connectivity index is 1.20. The molecule has 4 heterocycles. The number of benzene rings is 8. The molecular weight excluding hydrogens is 693 g/mol. The molecule has 0 aliphatic rings. The first-order valence-corrected chi connectivity index (χ1v) is 19.2. The maximum absolute atomic E-state index is 6.95. The maximum atomic E-state index is 6.95. The van der Waals surface area contributed by atoms with Gasteiger partial charge in [0.1, 0.15) is 11.2 Å². The number of aromatic nitrogens is 4. The van der Waals surface area contributed by atoms with E-state index in [-0.39, 0.29) is 0 Å². The normalized spacial score (nSPS) is 12.0. The van der Waals surface area contributed by atoms with E-state index in [0.717, 1.165) is 66.1 Å². The van der Waals surface area contributed by atoms with Crippen LogP contribution in [0.1, 0.15) is 0 Å². The highest BCUT2D eigenvalue weighted by atomic mass is 32.1. The van der Waals surface area contributed by atoms with Crippen molar-refractivity contribution in [1.29, 1.82) is 0 Å². The lowest BCUT2D eigenvalue weighted by atomic mass is 9.98. The van der Waals surface area contributed by atoms with Crippen LogP contribution in [0.5, 0.6) is 0 Å². The molecule has 55 heavy (non-hydrogen) atoms. The Bertz CT molecular complexity index is 3430. The molecule has 5 nitrogen and oxygen atoms in total. The average Bonchev–Trinajstić information content (AvgIpc) is 3.93. The molecule has 0 radical (unpaired) electrons. The summed E-state index contributed by atoms with van der Waals surface area (Å²) in [5.74, 6) is 1.84. The molecule has 12 aromatic rings. The Morgan fingerprint density at radius 1 is 0.436 bits per heavy atom. The smallest absolute Gasteiger partial charge is 0.164 e. The molecule has 0 atom stereocenters. The molecule has 0 aliphatic heterocycles. The van der Waals surface area contributed by atoms with Crippen LogP contribution in [-0.2, 0) is 0 Å². The summed E-state index contributed by atoms with van der Waals surface area (Å²) >= 11 is 1.86. The van der Waals surface area contributed by atoms with Crippen molar-refractivity contribution in [2.75, 3.05) is 0 Å². The van der Waals surface area contributed by atoms with Gasteiger partial charge in [-0.3, -0.25) is 0 Å². The van der Waals surface area contributed by atoms with Crippen molar-refractivity contribution in [3.8, 4) is 39.9 Å². The van der Waals surface area contributed by atoms with Crippen LogP contribution in [0.4, 0.5) is 0 Å². The van der Waals surface area contributed by atoms with Gasteiger partial charge in [0.2, 0.25) is 0 Å². The zero-order valence-corrected chi connectivity index (χ0v) is 30.1. The van der Waals surface area contributed by atoms with Crippen molar-refractivity contribution in [2.45, 2.75) is 0 Å². The number of fused-ring (bicyclic) bond motifs is 12. The van der Waals surface area contributed by atoms with E-state index in [1.165, 1.54) is 30.9 Å². The third-order valence-corrected chi connectivity index (χ3v) is 12.0. The van der Waals surface area contributed by atoms with Gasteiger partial charge in [0.05, 0.1) is 22.1 Å². The molecule has 0 amide bonds. The van der Waals surface area contributed by atoms with E-state index in [1.54, 1.807) is 0 Å². The summed E-state index contributed by atoms with van der Waals surface area (Å²) in [6.07, 6.45) is 0. The Kier molecular flexibility index (Phi) is 6.44. The van der Waals surface area contributed by atoms with Crippen molar-refractivity contribution >= 4 is 86.0 Å². The first-order chi connectivity index (χ1) is 27.3. The SMILES string of the molecule is c1ccc(-c2nc(-c3ccccc3)nc(-c3cccc4cc(-n5c6ccccc6c6c7c(ccc65)sc5ccccc57)c5c6ccccc6oc5c34)n2)cc1. The zero-order valence-electron chi connectivity index (χ0n) is 29.3. The highest BCUT2D eigenvalue weighted by Crippen LogP contribution is 2.47. The van der Waals surface area contributed by atoms with Crippen LogP contribution in [0.2, 0.25) is 0 Å². The lowest BCUT2D eigenvalue weighted by Gasteiger charge is -2.14. The second-order valence-electron chi connectivity index (χ2n) is 13.9. The highest BCUT2D eigenvalue weighted by Gasteiger charge is 2.24. The first-order valence-electron chi connectivity index (χ1n) is 18.4. The van der Waals surface area contributed by atoms with Crippen molar-refractivity contribution in [3.05, 3.63) is 170 Å². The third kappa shape index (κ3) is 4.49. The summed E-state index contributed by atoms with van der Waals surface area (Å²) < 4.78 is 12.0. The van der Waals surface area contributed by atoms with Crippen molar-refractivity contribution < 1.29 is 4.42 Å². The Morgan fingerprint density at radius 2 is 1.09 bits per heavy atom. The van der Waals surface area contributed by atoms with Gasteiger partial charge in [-0.2, -0.15) is 0 Å². The number of para-hydroxylation sites is 2. The summed E-state index contributed by atoms with van der Waals surface area (Å²) in [7, 11) is 0. The van der Waals surface area contributed by atoms with Gasteiger partial charge in [-0.25, -0.2) is 15.0 Å². The van der Waals surface area contributed by atoms with E-state index >= 15 is 0 Å². The van der Waals surface area contributed by atoms with Crippen LogP contribution in [0, 0.1) is 0 Å². The summed E-state index contributed by atoms with van der Waals surface area (Å²) in [5, 5.41) is 9.21. The van der Waals surface area contributed by atoms with Crippen LogP contribution in [0.25, 0.3) is 115 Å². The molecule has 0 saturated heterocycles. The molecule has 0 unspecified atom stereocenters. The fourth-order valence-electron chi connectivity index (χ4n) is 8.46. The summed E-state index contributed by atoms with van der Waals surface area (Å²) in [6, 6.07) is 59.4. The molecule has 0 spiro atoms. The van der Waals surface area contributed by atoms with Crippen LogP contribution >= 0.6 is 11.3 Å². The van der Waals surface area contributed by atoms with Gasteiger partial charge in [0.15, 0.2) is 17.5 Å². The fourth-order valence-corrected chi connectivity index (χ4v) is 9.58. The van der Waals surface area contributed by atoms with Gasteiger partial charge in [0, 0.05) is 58.4 Å². The Morgan fingerprint density at radius 3 is 1.87 bits per heavy atom. The predicted octanol–water partition coefficient (Wildman–Crippen LogP) is 13.4. The van der Waals surface area contributed by atoms with Gasteiger partial charge in [-0.15, -0.1) is 11.3 Å². The minimum atomic E-state index is 0.594. The maximum Gasteiger partial charge on any atom is 0.164 e. The largest absolute Gasteiger partial charge is 0.455 e. The van der Waals surface area contributed by atoms with E-state index in [1.807, 2.05) is 78.1 Å². The summed E-state index contributed by atoms with van der Waals surface area (Å²) in [4.78, 5) is 15.3. The molecule has 0 aliphatic carbocycles. The molecule has 0 bridgehead atoms. The minimum absolute atomic E-state index is 0.594. The number of rotatable bonds is 4. The average molecular weight is 721 g/mol. The number of furan rings is 1. The highest BCUT2D eigenvalue weighted by molar-refractivity contribution is 7.26. The van der Waals surface area contributed by atoms with Crippen molar-refractivity contribution in [3.63, 3.8) is 0 Å². The Hall–Kier alpha value is -7.15. The second kappa shape index (κ2) is 11.7. The van der Waals surface area contributed by atoms with Crippen LogP contribution in [0.15, 0.2) is 174 Å². The molecule has 6 heteroatoms. The number of hydrogen-bond donors (Lipinski definition) is 0. The van der Waals surface area contributed by atoms with E-state index in [9.17, 15) is 0 Å². The van der Waals surface area contributed by atoms with Crippen molar-refractivity contribution in [2.24, 2.45) is 0 Å². The topological polar surface area (TPSA) is 56.7 Å². The predicted molar refractivity (Wildman–Crippen MR) is 228 cm³/mol. The second-order valence-corrected chi connectivity index (χ2v) is 15.0. The van der Waals surface area contributed by atoms with Crippen molar-refractivity contribution in [1.82, 2.24) is 19.5 Å². The van der Waals surface area contributed by atoms with Crippen LogP contribution in [0.3, 0.4) is 0 Å². The molecule has 8 aromatic carbocycles. The van der Waals surface area contributed by atoms with E-state index in [4.69, 9.17) is 19.4 Å². The molecule has 256 valence electrons. The quantitative estimate of drug-likeness (QED) is 0.182. The van der Waals surface area contributed by atoms with Gasteiger partial charge >= 0.3 is 0 Å². The van der Waals surface area contributed by atoms with Gasteiger partial charge in [-0.05, 0) is 41.8 Å². The summed E-state index contributed by atoms with van der Waals surface area (Å²) in [6.45, 7) is 0. The van der Waals surface area contributed by atoms with Gasteiger partial charge in [-0.1, -0.05) is 133 Å². The summed E-state index contributed by atoms with van der Waals surface area (Å²) in [5.41, 5.74) is 7.77. The lowest BCUT2D eigenvalue weighted by Crippen LogP contribution is -2.01. The molecule has 12 rings (SSSR count). The van der Waals surface area contributed by atoms with Crippen LogP contribution < -0.4 is 0 Å². The van der Waals surface area contributed by atoms with Gasteiger partial charge in [0.25, 0.3) is 0 Å². The molecule has 0 fully saturated rings. The van der Waals surface area contributed by atoms with Crippen LogP contribution in [-0.4, -0.2) is 19.5 Å². The lowest BCUT2D eigenvalue weighted by molar-refractivity contribution is 0.672. The number of thiophene rings is 1. The molecule has 4 aromatic heterocycles. The number of hydrogen-bond acceptors (Lipinski definition) is 5. The zero-order chi connectivity index (χ0) is 36.0. The third-order valence-electron chi connectivity index (χ3n) is 10.8. The van der Waals surface area contributed by atoms with E-state index in [2.05, 4.69) is 108 Å². The molecule has 0 N–H and O–H groups in total. The minimum Gasteiger partial charge on any atom is -0.455 e. The van der Waals surface area contributed by atoms with E-state index < -0.39 is 0 Å². The standard InChI is InChI=1S/C49H28N4OS/c1-3-14-29(15-4-1)47-50-48(30-16-5-2-6-17-30)52-49(51-47)35-22-13-18-31-28-38(44-33-20-8-11-24-39(33)54-46(44)42(31)35)53-36-23-10-7-19-32(36)43-37(53)26-27-41-45(43)34-21-9-12-25-40(34)55-41/h1-28H. The van der Waals surface area contributed by atoms with Gasteiger partial charge < -0.3 is 8.98 Å². The number of nitrogens with zero attached hydrogens (tertiary/aromatic N) is 4. The molecule has 0 saturated carbocycles. The van der Waals surface area contributed by atoms with E-state index in [0.29, 0.717) is 17.5 Å². The fraction of sp³-hybridized carbons (Fsp3) is 0.